The van der Waals surface area contributed by atoms with Crippen molar-refractivity contribution in [2.45, 2.75) is 13.0 Å². The Bertz CT molecular complexity index is 751. The zero-order valence-corrected chi connectivity index (χ0v) is 14.3. The van der Waals surface area contributed by atoms with Crippen molar-refractivity contribution in [2.24, 2.45) is 0 Å². The van der Waals surface area contributed by atoms with Crippen molar-refractivity contribution < 1.29 is 19.0 Å². The molecule has 0 aliphatic carbocycles. The van der Waals surface area contributed by atoms with Crippen LogP contribution in [0.2, 0.25) is 10.0 Å². The summed E-state index contributed by atoms with van der Waals surface area (Å²) in [7, 11) is 0. The van der Waals surface area contributed by atoms with E-state index in [0.29, 0.717) is 27.3 Å². The van der Waals surface area contributed by atoms with Crippen LogP contribution in [0.1, 0.15) is 6.92 Å². The summed E-state index contributed by atoms with van der Waals surface area (Å²) in [6, 6.07) is 11.7. The molecule has 0 spiro atoms. The fourth-order valence-electron chi connectivity index (χ4n) is 1.75. The van der Waals surface area contributed by atoms with Gasteiger partial charge in [-0.15, -0.1) is 6.42 Å². The summed E-state index contributed by atoms with van der Waals surface area (Å²) < 4.78 is 15.9. The Morgan fingerprint density at radius 3 is 2.46 bits per heavy atom. The molecule has 124 valence electrons. The van der Waals surface area contributed by atoms with Crippen molar-refractivity contribution in [3.8, 4) is 29.6 Å². The molecule has 2 rings (SSSR count). The minimum atomic E-state index is -0.768. The molecule has 0 saturated carbocycles. The van der Waals surface area contributed by atoms with E-state index in [1.165, 1.54) is 0 Å². The zero-order chi connectivity index (χ0) is 17.5. The summed E-state index contributed by atoms with van der Waals surface area (Å²) in [5, 5.41) is 0.939. The van der Waals surface area contributed by atoms with E-state index in [-0.39, 0.29) is 6.61 Å². The van der Waals surface area contributed by atoms with Crippen LogP contribution in [-0.4, -0.2) is 18.7 Å². The standard InChI is InChI=1S/C18H14Cl2O4/c1-3-10-22-18(21)12(2)23-14-5-7-15(8-6-14)24-17-9-4-13(19)11-16(17)20/h1,4-9,11-12H,10H2,2H3. The number of carbonyl (C=O) groups is 1. The molecule has 6 heteroatoms. The van der Waals surface area contributed by atoms with Gasteiger partial charge in [0.15, 0.2) is 12.7 Å². The number of rotatable bonds is 6. The highest BCUT2D eigenvalue weighted by Gasteiger charge is 2.16. The molecule has 0 N–H and O–H groups in total. The van der Waals surface area contributed by atoms with Crippen LogP contribution in [0.4, 0.5) is 0 Å². The van der Waals surface area contributed by atoms with Crippen molar-refractivity contribution in [3.63, 3.8) is 0 Å². The monoisotopic (exact) mass is 364 g/mol. The normalized spacial score (nSPS) is 11.2. The molecule has 0 amide bonds. The fourth-order valence-corrected chi connectivity index (χ4v) is 2.20. The van der Waals surface area contributed by atoms with E-state index >= 15 is 0 Å². The summed E-state index contributed by atoms with van der Waals surface area (Å²) >= 11 is 11.9. The summed E-state index contributed by atoms with van der Waals surface area (Å²) in [4.78, 5) is 11.6. The molecule has 1 atom stereocenters. The minimum absolute atomic E-state index is 0.0822. The van der Waals surface area contributed by atoms with E-state index in [0.717, 1.165) is 0 Å². The quantitative estimate of drug-likeness (QED) is 0.549. The van der Waals surface area contributed by atoms with E-state index in [1.54, 1.807) is 49.4 Å². The summed E-state index contributed by atoms with van der Waals surface area (Å²) in [5.74, 6) is 3.24. The lowest BCUT2D eigenvalue weighted by molar-refractivity contribution is -0.149. The second-order valence-electron chi connectivity index (χ2n) is 4.72. The van der Waals surface area contributed by atoms with Crippen LogP contribution in [0, 0.1) is 12.3 Å². The van der Waals surface area contributed by atoms with Gasteiger partial charge in [-0.25, -0.2) is 4.79 Å². The molecule has 0 bridgehead atoms. The molecular formula is C18H14Cl2O4. The summed E-state index contributed by atoms with van der Waals surface area (Å²) in [6.45, 7) is 1.50. The van der Waals surface area contributed by atoms with Gasteiger partial charge in [0.1, 0.15) is 17.2 Å². The van der Waals surface area contributed by atoms with Gasteiger partial charge in [-0.3, -0.25) is 0 Å². The third-order valence-electron chi connectivity index (χ3n) is 2.89. The van der Waals surface area contributed by atoms with Gasteiger partial charge < -0.3 is 14.2 Å². The van der Waals surface area contributed by atoms with Crippen LogP contribution in [0.5, 0.6) is 17.2 Å². The van der Waals surface area contributed by atoms with Crippen LogP contribution in [0.25, 0.3) is 0 Å². The van der Waals surface area contributed by atoms with E-state index in [9.17, 15) is 4.79 Å². The molecule has 2 aromatic rings. The first kappa shape index (κ1) is 18.0. The third kappa shape index (κ3) is 5.09. The predicted octanol–water partition coefficient (Wildman–Crippen LogP) is 4.73. The summed E-state index contributed by atoms with van der Waals surface area (Å²) in [5.41, 5.74) is 0. The van der Waals surface area contributed by atoms with Crippen LogP contribution < -0.4 is 9.47 Å². The Morgan fingerprint density at radius 1 is 1.17 bits per heavy atom. The zero-order valence-electron chi connectivity index (χ0n) is 12.8. The molecule has 0 heterocycles. The molecule has 2 aromatic carbocycles. The number of hydrogen-bond donors (Lipinski definition) is 0. The molecule has 0 radical (unpaired) electrons. The average Bonchev–Trinajstić information content (AvgIpc) is 2.56. The van der Waals surface area contributed by atoms with Gasteiger partial charge in [-0.1, -0.05) is 29.1 Å². The van der Waals surface area contributed by atoms with E-state index in [4.69, 9.17) is 43.8 Å². The van der Waals surface area contributed by atoms with Crippen LogP contribution >= 0.6 is 23.2 Å². The first-order chi connectivity index (χ1) is 11.5. The highest BCUT2D eigenvalue weighted by Crippen LogP contribution is 2.32. The Balaban J connectivity index is 1.98. The molecule has 0 fully saturated rings. The smallest absolute Gasteiger partial charge is 0.347 e. The SMILES string of the molecule is C#CCOC(=O)C(C)Oc1ccc(Oc2ccc(Cl)cc2Cl)cc1. The van der Waals surface area contributed by atoms with Crippen molar-refractivity contribution in [2.75, 3.05) is 6.61 Å². The highest BCUT2D eigenvalue weighted by atomic mass is 35.5. The molecule has 0 saturated heterocycles. The Hall–Kier alpha value is -2.35. The molecule has 0 aromatic heterocycles. The van der Waals surface area contributed by atoms with Crippen LogP contribution in [-0.2, 0) is 9.53 Å². The first-order valence-corrected chi connectivity index (χ1v) is 7.75. The van der Waals surface area contributed by atoms with Gasteiger partial charge in [-0.05, 0) is 49.4 Å². The maximum Gasteiger partial charge on any atom is 0.347 e. The number of benzene rings is 2. The average molecular weight is 365 g/mol. The molecule has 4 nitrogen and oxygen atoms in total. The van der Waals surface area contributed by atoms with Crippen molar-refractivity contribution in [3.05, 3.63) is 52.5 Å². The first-order valence-electron chi connectivity index (χ1n) is 6.99. The Labute approximate surface area is 150 Å². The molecule has 24 heavy (non-hydrogen) atoms. The van der Waals surface area contributed by atoms with Gasteiger partial charge in [-0.2, -0.15) is 0 Å². The highest BCUT2D eigenvalue weighted by molar-refractivity contribution is 6.35. The van der Waals surface area contributed by atoms with Crippen molar-refractivity contribution >= 4 is 29.2 Å². The van der Waals surface area contributed by atoms with Crippen LogP contribution in [0.15, 0.2) is 42.5 Å². The van der Waals surface area contributed by atoms with Crippen molar-refractivity contribution in [1.29, 1.82) is 0 Å². The lowest BCUT2D eigenvalue weighted by Crippen LogP contribution is -2.26. The van der Waals surface area contributed by atoms with Crippen molar-refractivity contribution in [1.82, 2.24) is 0 Å². The minimum Gasteiger partial charge on any atom is -0.479 e. The van der Waals surface area contributed by atoms with E-state index < -0.39 is 12.1 Å². The predicted molar refractivity (Wildman–Crippen MR) is 92.9 cm³/mol. The fraction of sp³-hybridized carbons (Fsp3) is 0.167. The van der Waals surface area contributed by atoms with Gasteiger partial charge in [0.25, 0.3) is 0 Å². The largest absolute Gasteiger partial charge is 0.479 e. The second-order valence-corrected chi connectivity index (χ2v) is 5.56. The lowest BCUT2D eigenvalue weighted by atomic mass is 10.3. The van der Waals surface area contributed by atoms with E-state index in [1.807, 2.05) is 0 Å². The third-order valence-corrected chi connectivity index (χ3v) is 3.42. The molecule has 1 unspecified atom stereocenters. The number of hydrogen-bond acceptors (Lipinski definition) is 4. The molecule has 0 aliphatic rings. The number of terminal acetylenes is 1. The van der Waals surface area contributed by atoms with Gasteiger partial charge in [0, 0.05) is 5.02 Å². The Morgan fingerprint density at radius 2 is 1.83 bits per heavy atom. The maximum absolute atomic E-state index is 11.6. The number of carbonyl (C=O) groups excluding carboxylic acids is 1. The maximum atomic E-state index is 11.6. The van der Waals surface area contributed by atoms with Gasteiger partial charge in [0.2, 0.25) is 0 Å². The second kappa shape index (κ2) is 8.49. The van der Waals surface area contributed by atoms with E-state index in [2.05, 4.69) is 5.92 Å². The summed E-state index contributed by atoms with van der Waals surface area (Å²) in [6.07, 6.45) is 4.26. The number of esters is 1. The Kier molecular flexibility index (Phi) is 6.36. The lowest BCUT2D eigenvalue weighted by Gasteiger charge is -2.13. The molecular weight excluding hydrogens is 351 g/mol. The molecule has 0 aliphatic heterocycles. The topological polar surface area (TPSA) is 44.8 Å². The number of halogens is 2. The van der Waals surface area contributed by atoms with Crippen LogP contribution in [0.3, 0.4) is 0 Å². The van der Waals surface area contributed by atoms with Gasteiger partial charge >= 0.3 is 5.97 Å². The van der Waals surface area contributed by atoms with Gasteiger partial charge in [0.05, 0.1) is 5.02 Å². The number of ether oxygens (including phenoxy) is 3.